The molecular weight excluding hydrogens is 672 g/mol. The third-order valence-corrected chi connectivity index (χ3v) is 8.36. The highest BCUT2D eigenvalue weighted by Crippen LogP contribution is 2.34. The number of carboxylic acid groups (broad SMARTS) is 2. The van der Waals surface area contributed by atoms with Crippen molar-refractivity contribution in [1.29, 1.82) is 0 Å². The third kappa shape index (κ3) is 9.58. The predicted molar refractivity (Wildman–Crippen MR) is 201 cm³/mol. The molecule has 12 heteroatoms. The fraction of sp³-hybridized carbons (Fsp3) is 0.122. The first kappa shape index (κ1) is 35.7. The molecule has 0 fully saturated rings. The number of H-pyrrole nitrogens is 2. The Balaban J connectivity index is 0.000000887. The van der Waals surface area contributed by atoms with Crippen molar-refractivity contribution in [3.05, 3.63) is 150 Å². The van der Waals surface area contributed by atoms with Crippen molar-refractivity contribution in [2.24, 2.45) is 5.16 Å². The van der Waals surface area contributed by atoms with Gasteiger partial charge in [-0.2, -0.15) is 0 Å². The van der Waals surface area contributed by atoms with Crippen LogP contribution in [0.1, 0.15) is 39.9 Å². The van der Waals surface area contributed by atoms with Crippen LogP contribution in [0.25, 0.3) is 40.0 Å². The first-order chi connectivity index (χ1) is 25.8. The molecule has 12 nitrogen and oxygen atoms in total. The zero-order chi connectivity index (χ0) is 37.0. The number of rotatable bonds is 12. The number of aryl methyl sites for hydroxylation is 1. The maximum absolute atomic E-state index is 12.4. The molecule has 1 amide bonds. The van der Waals surface area contributed by atoms with Gasteiger partial charge in [-0.05, 0) is 47.7 Å². The number of aromatic nitrogens is 4. The van der Waals surface area contributed by atoms with Crippen LogP contribution < -0.4 is 5.32 Å². The molecule has 4 aromatic carbocycles. The van der Waals surface area contributed by atoms with Gasteiger partial charge in [0.05, 0.1) is 29.0 Å². The maximum atomic E-state index is 12.4. The normalized spacial score (nSPS) is 13.4. The van der Waals surface area contributed by atoms with E-state index in [0.717, 1.165) is 46.4 Å². The van der Waals surface area contributed by atoms with E-state index < -0.39 is 18.0 Å². The van der Waals surface area contributed by atoms with Gasteiger partial charge in [-0.25, -0.2) is 19.6 Å². The van der Waals surface area contributed by atoms with Crippen LogP contribution in [0.4, 0.5) is 0 Å². The molecule has 0 radical (unpaired) electrons. The van der Waals surface area contributed by atoms with E-state index in [9.17, 15) is 24.6 Å². The van der Waals surface area contributed by atoms with Crippen molar-refractivity contribution in [1.82, 2.24) is 25.3 Å². The molecule has 1 aliphatic rings. The van der Waals surface area contributed by atoms with E-state index in [-0.39, 0.29) is 17.9 Å². The molecule has 53 heavy (non-hydrogen) atoms. The number of aliphatic carboxylic acids is 1. The molecule has 0 saturated heterocycles. The predicted octanol–water partition coefficient (Wildman–Crippen LogP) is 6.86. The number of carboxylic acids is 2. The van der Waals surface area contributed by atoms with Crippen LogP contribution in [0.2, 0.25) is 0 Å². The quantitative estimate of drug-likeness (QED) is 0.0675. The Labute approximate surface area is 304 Å². The molecule has 0 spiro atoms. The Morgan fingerprint density at radius 1 is 0.849 bits per heavy atom. The SMILES string of the molecule is O=C(/C=C/c1ccc(-c2[nH]c(-c3ccc(C(=O)O)cc3)nc2-c2ccc(C3=NOC(C(=O)O)C3)cc2)cc1)NCCCc1ccccc1.c1c[nH]cn1. The van der Waals surface area contributed by atoms with Crippen LogP contribution in [-0.4, -0.2) is 66.4 Å². The summed E-state index contributed by atoms with van der Waals surface area (Å²) < 4.78 is 0. The minimum Gasteiger partial charge on any atom is -0.478 e. The lowest BCUT2D eigenvalue weighted by Crippen LogP contribution is -2.22. The Hall–Kier alpha value is -7.08. The highest BCUT2D eigenvalue weighted by atomic mass is 16.7. The Bertz CT molecular complexity index is 2180. The van der Waals surface area contributed by atoms with E-state index in [1.165, 1.54) is 23.8 Å². The van der Waals surface area contributed by atoms with Gasteiger partial charge in [-0.3, -0.25) is 4.79 Å². The van der Waals surface area contributed by atoms with Crippen molar-refractivity contribution >= 4 is 29.6 Å². The molecule has 0 saturated carbocycles. The third-order valence-electron chi connectivity index (χ3n) is 8.36. The Morgan fingerprint density at radius 3 is 2.17 bits per heavy atom. The highest BCUT2D eigenvalue weighted by molar-refractivity contribution is 6.03. The van der Waals surface area contributed by atoms with Gasteiger partial charge in [-0.15, -0.1) is 0 Å². The van der Waals surface area contributed by atoms with Gasteiger partial charge < -0.3 is 30.3 Å². The van der Waals surface area contributed by atoms with Crippen LogP contribution in [0.5, 0.6) is 0 Å². The summed E-state index contributed by atoms with van der Waals surface area (Å²) in [5, 5.41) is 25.4. The van der Waals surface area contributed by atoms with Gasteiger partial charge in [0.25, 0.3) is 0 Å². The summed E-state index contributed by atoms with van der Waals surface area (Å²) in [5.41, 5.74) is 7.38. The van der Waals surface area contributed by atoms with Crippen molar-refractivity contribution in [2.75, 3.05) is 6.54 Å². The number of carbonyl (C=O) groups excluding carboxylic acids is 1. The lowest BCUT2D eigenvalue weighted by atomic mass is 10.00. The van der Waals surface area contributed by atoms with Gasteiger partial charge >= 0.3 is 11.9 Å². The Morgan fingerprint density at radius 2 is 1.55 bits per heavy atom. The molecule has 1 aliphatic heterocycles. The number of hydrogen-bond donors (Lipinski definition) is 5. The van der Waals surface area contributed by atoms with E-state index in [1.807, 2.05) is 66.7 Å². The summed E-state index contributed by atoms with van der Waals surface area (Å²) in [6.07, 6.45) is 9.31. The van der Waals surface area contributed by atoms with E-state index in [1.54, 1.807) is 36.9 Å². The van der Waals surface area contributed by atoms with Crippen LogP contribution >= 0.6 is 0 Å². The smallest absolute Gasteiger partial charge is 0.348 e. The minimum atomic E-state index is -1.06. The number of nitrogens with one attached hydrogen (secondary N) is 3. The Kier molecular flexibility index (Phi) is 11.6. The average Bonchev–Trinajstić information content (AvgIpc) is 4.01. The van der Waals surface area contributed by atoms with Crippen LogP contribution in [0.3, 0.4) is 0 Å². The summed E-state index contributed by atoms with van der Waals surface area (Å²) in [5.74, 6) is -1.66. The zero-order valence-corrected chi connectivity index (χ0v) is 28.5. The van der Waals surface area contributed by atoms with Crippen LogP contribution in [0, 0.1) is 0 Å². The number of nitrogens with zero attached hydrogens (tertiary/aromatic N) is 3. The summed E-state index contributed by atoms with van der Waals surface area (Å²) in [6.45, 7) is 0.590. The summed E-state index contributed by atoms with van der Waals surface area (Å²) >= 11 is 0. The molecule has 266 valence electrons. The second-order valence-corrected chi connectivity index (χ2v) is 12.0. The van der Waals surface area contributed by atoms with Gasteiger partial charge in [0.15, 0.2) is 0 Å². The summed E-state index contributed by atoms with van der Waals surface area (Å²) in [7, 11) is 0. The number of carbonyl (C=O) groups is 3. The van der Waals surface area contributed by atoms with Crippen LogP contribution in [-0.2, 0) is 20.8 Å². The number of oxime groups is 1. The second kappa shape index (κ2) is 17.2. The van der Waals surface area contributed by atoms with Crippen molar-refractivity contribution < 1.29 is 29.4 Å². The lowest BCUT2D eigenvalue weighted by Gasteiger charge is -2.06. The first-order valence-corrected chi connectivity index (χ1v) is 16.9. The molecule has 0 aliphatic carbocycles. The molecule has 3 heterocycles. The monoisotopic (exact) mass is 708 g/mol. The van der Waals surface area contributed by atoms with Crippen molar-refractivity contribution in [3.63, 3.8) is 0 Å². The molecule has 7 rings (SSSR count). The molecule has 6 aromatic rings. The van der Waals surface area contributed by atoms with E-state index in [0.29, 0.717) is 23.8 Å². The number of aromatic amines is 2. The molecule has 5 N–H and O–H groups in total. The van der Waals surface area contributed by atoms with Gasteiger partial charge in [-0.1, -0.05) is 96.2 Å². The van der Waals surface area contributed by atoms with E-state index >= 15 is 0 Å². The molecule has 0 bridgehead atoms. The summed E-state index contributed by atoms with van der Waals surface area (Å²) in [6, 6.07) is 31.8. The largest absolute Gasteiger partial charge is 0.478 e. The van der Waals surface area contributed by atoms with E-state index in [2.05, 4.69) is 37.6 Å². The number of aromatic carboxylic acids is 1. The van der Waals surface area contributed by atoms with Gasteiger partial charge in [0.1, 0.15) is 5.82 Å². The van der Waals surface area contributed by atoms with Gasteiger partial charge in [0, 0.05) is 48.1 Å². The molecule has 2 aromatic heterocycles. The fourth-order valence-electron chi connectivity index (χ4n) is 5.55. The standard InChI is InChI=1S/C38H32N4O6.C3H4N2/c43-33(39-22-4-7-24-5-2-1-3-6-24)21-10-25-8-11-27(12-9-25)34-35(41-36(40-34)29-17-19-30(20-18-29)37(44)45)28-15-13-26(14-16-28)31-23-32(38(46)47)48-42-31;1-2-5-3-4-1/h1-3,5-6,8-21,32H,4,7,22-23H2,(H,39,43)(H,40,41)(H,44,45)(H,46,47);1-3H,(H,4,5)/b21-10+;. The highest BCUT2D eigenvalue weighted by Gasteiger charge is 2.28. The summed E-state index contributed by atoms with van der Waals surface area (Å²) in [4.78, 5) is 54.8. The number of benzene rings is 4. The number of hydrogen-bond acceptors (Lipinski definition) is 7. The lowest BCUT2D eigenvalue weighted by molar-refractivity contribution is -0.148. The first-order valence-electron chi connectivity index (χ1n) is 16.9. The number of amides is 1. The molecule has 1 atom stereocenters. The van der Waals surface area contributed by atoms with Crippen molar-refractivity contribution in [2.45, 2.75) is 25.4 Å². The average molecular weight is 709 g/mol. The van der Waals surface area contributed by atoms with E-state index in [4.69, 9.17) is 9.82 Å². The van der Waals surface area contributed by atoms with Gasteiger partial charge in [0.2, 0.25) is 12.0 Å². The fourth-order valence-corrected chi connectivity index (χ4v) is 5.55. The second-order valence-electron chi connectivity index (χ2n) is 12.0. The van der Waals surface area contributed by atoms with Crippen molar-refractivity contribution in [3.8, 4) is 33.9 Å². The molecular formula is C41H36N6O6. The topological polar surface area (TPSA) is 183 Å². The minimum absolute atomic E-state index is 0.154. The maximum Gasteiger partial charge on any atom is 0.348 e. The number of imidazole rings is 2. The molecule has 1 unspecified atom stereocenters. The zero-order valence-electron chi connectivity index (χ0n) is 28.5. The van der Waals surface area contributed by atoms with Crippen LogP contribution in [0.15, 0.2) is 133 Å².